The van der Waals surface area contributed by atoms with Gasteiger partial charge >= 0.3 is 0 Å². The molecule has 2 rings (SSSR count). The van der Waals surface area contributed by atoms with E-state index in [9.17, 15) is 4.79 Å². The van der Waals surface area contributed by atoms with Crippen LogP contribution >= 0.6 is 0 Å². The lowest BCUT2D eigenvalue weighted by atomic mass is 10.2. The van der Waals surface area contributed by atoms with Crippen molar-refractivity contribution in [1.29, 1.82) is 0 Å². The highest BCUT2D eigenvalue weighted by Crippen LogP contribution is 2.17. The maximum atomic E-state index is 11.0. The molecular formula is C16H19N3O3. The average molecular weight is 301 g/mol. The van der Waals surface area contributed by atoms with Crippen molar-refractivity contribution in [3.05, 3.63) is 48.2 Å². The van der Waals surface area contributed by atoms with E-state index in [4.69, 9.17) is 15.2 Å². The van der Waals surface area contributed by atoms with Crippen LogP contribution < -0.4 is 20.1 Å². The summed E-state index contributed by atoms with van der Waals surface area (Å²) in [5.74, 6) is 1.85. The molecule has 0 unspecified atom stereocenters. The van der Waals surface area contributed by atoms with Gasteiger partial charge in [0.2, 0.25) is 5.91 Å². The third-order valence-corrected chi connectivity index (χ3v) is 3.18. The normalized spacial score (nSPS) is 10.1. The molecule has 116 valence electrons. The van der Waals surface area contributed by atoms with Crippen LogP contribution in [0, 0.1) is 0 Å². The van der Waals surface area contributed by atoms with E-state index in [-0.39, 0.29) is 0 Å². The summed E-state index contributed by atoms with van der Waals surface area (Å²) in [5, 5.41) is 0. The standard InChI is InChI=1S/C16H19N3O3/c1-19(15-8-3-12(11-18-15)16(17)20)9-10-22-14-6-4-13(21-2)5-7-14/h3-8,11H,9-10H2,1-2H3,(H2,17,20). The van der Waals surface area contributed by atoms with Gasteiger partial charge in [-0.1, -0.05) is 0 Å². The van der Waals surface area contributed by atoms with Gasteiger partial charge in [-0.2, -0.15) is 0 Å². The first kappa shape index (κ1) is 15.6. The third-order valence-electron chi connectivity index (χ3n) is 3.18. The van der Waals surface area contributed by atoms with Crippen LogP contribution in [-0.2, 0) is 0 Å². The summed E-state index contributed by atoms with van der Waals surface area (Å²) in [4.78, 5) is 17.1. The number of anilines is 1. The molecule has 0 aliphatic rings. The van der Waals surface area contributed by atoms with Gasteiger partial charge in [0, 0.05) is 13.2 Å². The van der Waals surface area contributed by atoms with Gasteiger partial charge in [-0.3, -0.25) is 4.79 Å². The van der Waals surface area contributed by atoms with Gasteiger partial charge in [0.05, 0.1) is 19.2 Å². The Hall–Kier alpha value is -2.76. The van der Waals surface area contributed by atoms with Gasteiger partial charge in [-0.05, 0) is 36.4 Å². The number of carbonyl (C=O) groups is 1. The number of hydrogen-bond acceptors (Lipinski definition) is 5. The molecule has 1 heterocycles. The molecule has 0 aliphatic carbocycles. The molecular weight excluding hydrogens is 282 g/mol. The summed E-state index contributed by atoms with van der Waals surface area (Å²) < 4.78 is 10.8. The fourth-order valence-corrected chi connectivity index (χ4v) is 1.84. The highest BCUT2D eigenvalue weighted by molar-refractivity contribution is 5.92. The maximum absolute atomic E-state index is 11.0. The monoisotopic (exact) mass is 301 g/mol. The molecule has 1 aromatic heterocycles. The Bertz CT molecular complexity index is 612. The van der Waals surface area contributed by atoms with Gasteiger partial charge in [0.1, 0.15) is 23.9 Å². The van der Waals surface area contributed by atoms with E-state index in [1.54, 1.807) is 19.2 Å². The zero-order chi connectivity index (χ0) is 15.9. The van der Waals surface area contributed by atoms with Crippen LogP contribution in [0.25, 0.3) is 0 Å². The van der Waals surface area contributed by atoms with Gasteiger partial charge < -0.3 is 20.1 Å². The Morgan fingerprint density at radius 2 is 1.86 bits per heavy atom. The van der Waals surface area contributed by atoms with Gasteiger partial charge in [-0.25, -0.2) is 4.98 Å². The Kier molecular flexibility index (Phi) is 5.19. The molecule has 0 fully saturated rings. The zero-order valence-corrected chi connectivity index (χ0v) is 12.7. The summed E-state index contributed by atoms with van der Waals surface area (Å²) in [6, 6.07) is 10.8. The number of nitrogens with two attached hydrogens (primary N) is 1. The minimum atomic E-state index is -0.482. The smallest absolute Gasteiger partial charge is 0.250 e. The number of nitrogens with zero attached hydrogens (tertiary/aromatic N) is 2. The minimum absolute atomic E-state index is 0.395. The van der Waals surface area contributed by atoms with E-state index < -0.39 is 5.91 Å². The predicted octanol–water partition coefficient (Wildman–Crippen LogP) is 1.70. The molecule has 0 spiro atoms. The Balaban J connectivity index is 1.83. The summed E-state index contributed by atoms with van der Waals surface area (Å²) in [6.07, 6.45) is 1.47. The summed E-state index contributed by atoms with van der Waals surface area (Å²) in [5.41, 5.74) is 5.58. The largest absolute Gasteiger partial charge is 0.497 e. The molecule has 22 heavy (non-hydrogen) atoms. The van der Waals surface area contributed by atoms with Crippen LogP contribution in [0.5, 0.6) is 11.5 Å². The molecule has 1 amide bonds. The first-order chi connectivity index (χ1) is 10.6. The predicted molar refractivity (Wildman–Crippen MR) is 84.5 cm³/mol. The SMILES string of the molecule is COc1ccc(OCCN(C)c2ccc(C(N)=O)cn2)cc1. The molecule has 0 saturated carbocycles. The number of carbonyl (C=O) groups excluding carboxylic acids is 1. The number of primary amides is 1. The average Bonchev–Trinajstić information content (AvgIpc) is 2.55. The van der Waals surface area contributed by atoms with Crippen molar-refractivity contribution in [1.82, 2.24) is 4.98 Å². The van der Waals surface area contributed by atoms with E-state index in [0.29, 0.717) is 18.7 Å². The molecule has 2 N–H and O–H groups in total. The first-order valence-electron chi connectivity index (χ1n) is 6.84. The van der Waals surface area contributed by atoms with Crippen LogP contribution in [0.1, 0.15) is 10.4 Å². The molecule has 2 aromatic rings. The second-order valence-corrected chi connectivity index (χ2v) is 4.71. The fourth-order valence-electron chi connectivity index (χ4n) is 1.84. The lowest BCUT2D eigenvalue weighted by molar-refractivity contribution is 0.1000. The highest BCUT2D eigenvalue weighted by atomic mass is 16.5. The molecule has 6 heteroatoms. The van der Waals surface area contributed by atoms with Crippen molar-refractivity contribution in [2.45, 2.75) is 0 Å². The van der Waals surface area contributed by atoms with Crippen molar-refractivity contribution < 1.29 is 14.3 Å². The molecule has 0 bridgehead atoms. The molecule has 0 saturated heterocycles. The van der Waals surface area contributed by atoms with Gasteiger partial charge in [0.15, 0.2) is 0 Å². The van der Waals surface area contributed by atoms with Gasteiger partial charge in [0.25, 0.3) is 0 Å². The number of rotatable bonds is 7. The van der Waals surface area contributed by atoms with Crippen molar-refractivity contribution in [3.63, 3.8) is 0 Å². The van der Waals surface area contributed by atoms with E-state index in [2.05, 4.69) is 4.98 Å². The Morgan fingerprint density at radius 3 is 2.41 bits per heavy atom. The van der Waals surface area contributed by atoms with Crippen molar-refractivity contribution in [3.8, 4) is 11.5 Å². The lowest BCUT2D eigenvalue weighted by Crippen LogP contribution is -2.24. The molecule has 1 aromatic carbocycles. The van der Waals surface area contributed by atoms with Crippen molar-refractivity contribution in [2.75, 3.05) is 32.2 Å². The summed E-state index contributed by atoms with van der Waals surface area (Å²) >= 11 is 0. The number of pyridine rings is 1. The first-order valence-corrected chi connectivity index (χ1v) is 6.84. The fraction of sp³-hybridized carbons (Fsp3) is 0.250. The van der Waals surface area contributed by atoms with E-state index in [1.807, 2.05) is 36.2 Å². The number of amides is 1. The number of hydrogen-bond donors (Lipinski definition) is 1. The third kappa shape index (κ3) is 4.12. The van der Waals surface area contributed by atoms with E-state index in [0.717, 1.165) is 17.3 Å². The molecule has 0 radical (unpaired) electrons. The van der Waals surface area contributed by atoms with Crippen LogP contribution in [0.3, 0.4) is 0 Å². The number of likely N-dealkylation sites (N-methyl/N-ethyl adjacent to an activating group) is 1. The number of benzene rings is 1. The highest BCUT2D eigenvalue weighted by Gasteiger charge is 2.05. The van der Waals surface area contributed by atoms with Crippen LogP contribution in [-0.4, -0.2) is 38.2 Å². The Morgan fingerprint density at radius 1 is 1.18 bits per heavy atom. The van der Waals surface area contributed by atoms with Crippen LogP contribution in [0.4, 0.5) is 5.82 Å². The number of aromatic nitrogens is 1. The quantitative estimate of drug-likeness (QED) is 0.842. The Labute approximate surface area is 129 Å². The lowest BCUT2D eigenvalue weighted by Gasteiger charge is -2.18. The van der Waals surface area contributed by atoms with Crippen LogP contribution in [0.2, 0.25) is 0 Å². The number of methoxy groups -OCH3 is 1. The second kappa shape index (κ2) is 7.31. The summed E-state index contributed by atoms with van der Waals surface area (Å²) in [7, 11) is 3.53. The zero-order valence-electron chi connectivity index (χ0n) is 12.7. The maximum Gasteiger partial charge on any atom is 0.250 e. The van der Waals surface area contributed by atoms with Crippen molar-refractivity contribution >= 4 is 11.7 Å². The molecule has 0 aliphatic heterocycles. The summed E-state index contributed by atoms with van der Waals surface area (Å²) in [6.45, 7) is 1.18. The van der Waals surface area contributed by atoms with E-state index >= 15 is 0 Å². The number of ether oxygens (including phenoxy) is 2. The van der Waals surface area contributed by atoms with Crippen LogP contribution in [0.15, 0.2) is 42.6 Å². The minimum Gasteiger partial charge on any atom is -0.497 e. The molecule has 0 atom stereocenters. The van der Waals surface area contributed by atoms with Crippen molar-refractivity contribution in [2.24, 2.45) is 5.73 Å². The van der Waals surface area contributed by atoms with E-state index in [1.165, 1.54) is 6.20 Å². The van der Waals surface area contributed by atoms with Gasteiger partial charge in [-0.15, -0.1) is 0 Å². The topological polar surface area (TPSA) is 77.7 Å². The molecule has 6 nitrogen and oxygen atoms in total. The second-order valence-electron chi connectivity index (χ2n) is 4.71.